The van der Waals surface area contributed by atoms with Crippen LogP contribution >= 0.6 is 11.3 Å². The monoisotopic (exact) mass is 381 g/mol. The van der Waals surface area contributed by atoms with E-state index in [1.165, 1.54) is 27.1 Å². The Hall–Kier alpha value is -2.37. The molecule has 3 aromatic rings. The third-order valence-corrected chi connectivity index (χ3v) is 6.08. The molecule has 0 amide bonds. The lowest BCUT2D eigenvalue weighted by molar-refractivity contribution is 0.607. The number of hydrogen-bond donors (Lipinski definition) is 1. The molecule has 26 heavy (non-hydrogen) atoms. The number of rotatable bonds is 3. The predicted molar refractivity (Wildman–Crippen MR) is 110 cm³/mol. The SMILES string of the molecule is CS(=O)(=O)Nc1ccc(C=C2c3ccccc3CCc3sccc32)cc1. The van der Waals surface area contributed by atoms with Gasteiger partial charge in [-0.15, -0.1) is 11.3 Å². The summed E-state index contributed by atoms with van der Waals surface area (Å²) in [6.07, 6.45) is 5.47. The van der Waals surface area contributed by atoms with Crippen LogP contribution in [0.2, 0.25) is 0 Å². The van der Waals surface area contributed by atoms with Crippen molar-refractivity contribution in [3.8, 4) is 0 Å². The number of fused-ring (bicyclic) bond motifs is 2. The minimum Gasteiger partial charge on any atom is -0.284 e. The average molecular weight is 382 g/mol. The van der Waals surface area contributed by atoms with Crippen LogP contribution in [-0.4, -0.2) is 14.7 Å². The first kappa shape index (κ1) is 17.1. The minimum absolute atomic E-state index is 0.576. The quantitative estimate of drug-likeness (QED) is 0.708. The number of anilines is 1. The van der Waals surface area contributed by atoms with Gasteiger partial charge in [0.1, 0.15) is 0 Å². The highest BCUT2D eigenvalue weighted by Crippen LogP contribution is 2.37. The summed E-state index contributed by atoms with van der Waals surface area (Å²) in [4.78, 5) is 1.42. The van der Waals surface area contributed by atoms with Gasteiger partial charge in [0, 0.05) is 10.6 Å². The number of sulfonamides is 1. The molecule has 2 aromatic carbocycles. The van der Waals surface area contributed by atoms with Crippen molar-refractivity contribution in [2.45, 2.75) is 12.8 Å². The molecule has 0 radical (unpaired) electrons. The fourth-order valence-corrected chi connectivity index (χ4v) is 4.81. The maximum Gasteiger partial charge on any atom is 0.229 e. The molecule has 0 saturated carbocycles. The molecule has 1 aromatic heterocycles. The molecule has 0 atom stereocenters. The Morgan fingerprint density at radius 1 is 0.962 bits per heavy atom. The van der Waals surface area contributed by atoms with Crippen LogP contribution in [0.15, 0.2) is 60.0 Å². The molecule has 132 valence electrons. The summed E-state index contributed by atoms with van der Waals surface area (Å²) in [7, 11) is -3.26. The molecule has 0 fully saturated rings. The number of benzene rings is 2. The van der Waals surface area contributed by atoms with Crippen molar-refractivity contribution in [3.63, 3.8) is 0 Å². The molecule has 5 heteroatoms. The molecule has 0 unspecified atom stereocenters. The van der Waals surface area contributed by atoms with Crippen molar-refractivity contribution in [1.29, 1.82) is 0 Å². The van der Waals surface area contributed by atoms with E-state index in [0.717, 1.165) is 24.7 Å². The van der Waals surface area contributed by atoms with Gasteiger partial charge in [0.05, 0.1) is 6.26 Å². The molecule has 0 saturated heterocycles. The maximum absolute atomic E-state index is 11.4. The Morgan fingerprint density at radius 2 is 1.73 bits per heavy atom. The number of thiophene rings is 1. The highest BCUT2D eigenvalue weighted by molar-refractivity contribution is 7.92. The number of hydrogen-bond acceptors (Lipinski definition) is 3. The number of aryl methyl sites for hydroxylation is 2. The third kappa shape index (κ3) is 3.59. The van der Waals surface area contributed by atoms with Crippen molar-refractivity contribution in [1.82, 2.24) is 0 Å². The van der Waals surface area contributed by atoms with Gasteiger partial charge in [-0.25, -0.2) is 8.42 Å². The van der Waals surface area contributed by atoms with E-state index in [1.807, 2.05) is 23.5 Å². The molecule has 0 bridgehead atoms. The van der Waals surface area contributed by atoms with Gasteiger partial charge < -0.3 is 0 Å². The summed E-state index contributed by atoms with van der Waals surface area (Å²) in [6.45, 7) is 0. The molecule has 1 aliphatic rings. The Balaban J connectivity index is 1.78. The minimum atomic E-state index is -3.26. The zero-order chi connectivity index (χ0) is 18.1. The summed E-state index contributed by atoms with van der Waals surface area (Å²) in [5, 5.41) is 2.16. The van der Waals surface area contributed by atoms with Crippen molar-refractivity contribution in [2.75, 3.05) is 11.0 Å². The topological polar surface area (TPSA) is 46.2 Å². The lowest BCUT2D eigenvalue weighted by atomic mass is 9.94. The van der Waals surface area contributed by atoms with Gasteiger partial charge in [-0.05, 0) is 70.3 Å². The van der Waals surface area contributed by atoms with E-state index < -0.39 is 10.0 Å². The second-order valence-corrected chi connectivity index (χ2v) is 9.22. The summed E-state index contributed by atoms with van der Waals surface area (Å²) in [6, 6.07) is 18.3. The molecule has 3 nitrogen and oxygen atoms in total. The fourth-order valence-electron chi connectivity index (χ4n) is 3.35. The smallest absolute Gasteiger partial charge is 0.229 e. The number of nitrogens with one attached hydrogen (secondary N) is 1. The Kier molecular flexibility index (Phi) is 4.42. The normalized spacial score (nSPS) is 15.2. The lowest BCUT2D eigenvalue weighted by Crippen LogP contribution is -2.09. The van der Waals surface area contributed by atoms with Gasteiger partial charge in [-0.1, -0.05) is 36.4 Å². The first-order chi connectivity index (χ1) is 12.5. The van der Waals surface area contributed by atoms with E-state index >= 15 is 0 Å². The first-order valence-corrected chi connectivity index (χ1v) is 11.2. The van der Waals surface area contributed by atoms with Crippen LogP contribution in [0.3, 0.4) is 0 Å². The van der Waals surface area contributed by atoms with E-state index in [4.69, 9.17) is 0 Å². The molecule has 0 spiro atoms. The van der Waals surface area contributed by atoms with Crippen LogP contribution in [0.5, 0.6) is 0 Å². The van der Waals surface area contributed by atoms with E-state index in [2.05, 4.69) is 46.5 Å². The highest BCUT2D eigenvalue weighted by Gasteiger charge is 2.18. The largest absolute Gasteiger partial charge is 0.284 e. The fraction of sp³-hybridized carbons (Fsp3) is 0.143. The second kappa shape index (κ2) is 6.74. The van der Waals surface area contributed by atoms with Gasteiger partial charge in [0.25, 0.3) is 0 Å². The summed E-state index contributed by atoms with van der Waals surface area (Å²) >= 11 is 1.81. The van der Waals surface area contributed by atoms with Gasteiger partial charge in [0.2, 0.25) is 10.0 Å². The molecule has 4 rings (SSSR count). The van der Waals surface area contributed by atoms with E-state index in [0.29, 0.717) is 5.69 Å². The molecule has 1 heterocycles. The van der Waals surface area contributed by atoms with Crippen LogP contribution in [0.25, 0.3) is 11.6 Å². The maximum atomic E-state index is 11.4. The van der Waals surface area contributed by atoms with E-state index in [9.17, 15) is 8.42 Å². The Bertz CT molecular complexity index is 1080. The average Bonchev–Trinajstić information content (AvgIpc) is 3.01. The lowest BCUT2D eigenvalue weighted by Gasteiger charge is -2.10. The molecular weight excluding hydrogens is 362 g/mol. The Morgan fingerprint density at radius 3 is 2.50 bits per heavy atom. The van der Waals surface area contributed by atoms with Crippen LogP contribution in [0.1, 0.15) is 27.1 Å². The standard InChI is InChI=1S/C21H19NO2S2/c1-26(23,24)22-17-9-6-15(7-10-17)14-20-18-5-3-2-4-16(18)8-11-21-19(20)12-13-25-21/h2-7,9-10,12-14,22H,8,11H2,1H3. The Labute approximate surface area is 158 Å². The van der Waals surface area contributed by atoms with Crippen molar-refractivity contribution < 1.29 is 8.42 Å². The predicted octanol–water partition coefficient (Wildman–Crippen LogP) is 4.81. The van der Waals surface area contributed by atoms with Crippen LogP contribution in [0.4, 0.5) is 5.69 Å². The van der Waals surface area contributed by atoms with Crippen LogP contribution in [0, 0.1) is 0 Å². The van der Waals surface area contributed by atoms with Crippen molar-refractivity contribution in [3.05, 3.63) is 87.1 Å². The van der Waals surface area contributed by atoms with Gasteiger partial charge >= 0.3 is 0 Å². The van der Waals surface area contributed by atoms with Crippen molar-refractivity contribution >= 4 is 38.7 Å². The zero-order valence-electron chi connectivity index (χ0n) is 14.4. The van der Waals surface area contributed by atoms with E-state index in [-0.39, 0.29) is 0 Å². The zero-order valence-corrected chi connectivity index (χ0v) is 16.0. The highest BCUT2D eigenvalue weighted by atomic mass is 32.2. The van der Waals surface area contributed by atoms with Gasteiger partial charge in [0.15, 0.2) is 0 Å². The van der Waals surface area contributed by atoms with Gasteiger partial charge in [-0.2, -0.15) is 0 Å². The molecule has 1 N–H and O–H groups in total. The summed E-state index contributed by atoms with van der Waals surface area (Å²) < 4.78 is 25.2. The summed E-state index contributed by atoms with van der Waals surface area (Å²) in [5.74, 6) is 0. The second-order valence-electron chi connectivity index (χ2n) is 6.47. The van der Waals surface area contributed by atoms with E-state index in [1.54, 1.807) is 12.1 Å². The van der Waals surface area contributed by atoms with Crippen molar-refractivity contribution in [2.24, 2.45) is 0 Å². The first-order valence-electron chi connectivity index (χ1n) is 8.44. The molecule has 1 aliphatic carbocycles. The molecule has 0 aliphatic heterocycles. The van der Waals surface area contributed by atoms with Crippen LogP contribution in [-0.2, 0) is 22.9 Å². The third-order valence-electron chi connectivity index (χ3n) is 4.49. The van der Waals surface area contributed by atoms with Crippen LogP contribution < -0.4 is 4.72 Å². The summed E-state index contributed by atoms with van der Waals surface area (Å²) in [5.41, 5.74) is 6.82. The van der Waals surface area contributed by atoms with Gasteiger partial charge in [-0.3, -0.25) is 4.72 Å². The molecular formula is C21H19NO2S2.